The number of benzene rings is 2. The average Bonchev–Trinajstić information content (AvgIpc) is 3.11. The standard InChI is InChI=1S/C19H15Br2NO7/c20-10-6-12(18(25)13(21)7-10)14(2-1-3-17(23)24)29-19(26)22-11-4-5-15-16(8-11)28-9-27-15/h1,3-8,14,25H,2,9H2,(H,22,26)(H,23,24)/b3-1+/t14-/m0/s1. The molecule has 1 aliphatic heterocycles. The lowest BCUT2D eigenvalue weighted by atomic mass is 10.0. The predicted octanol–water partition coefficient (Wildman–Crippen LogP) is 4.97. The third-order valence-corrected chi connectivity index (χ3v) is 4.95. The van der Waals surface area contributed by atoms with Crippen LogP contribution in [0.15, 0.2) is 51.4 Å². The molecule has 0 saturated heterocycles. The van der Waals surface area contributed by atoms with Crippen LogP contribution in [-0.4, -0.2) is 29.1 Å². The summed E-state index contributed by atoms with van der Waals surface area (Å²) in [5.41, 5.74) is 0.737. The number of carboxylic acid groups (broad SMARTS) is 1. The summed E-state index contributed by atoms with van der Waals surface area (Å²) in [4.78, 5) is 23.2. The van der Waals surface area contributed by atoms with Gasteiger partial charge < -0.3 is 24.4 Å². The van der Waals surface area contributed by atoms with Gasteiger partial charge in [0.2, 0.25) is 6.79 Å². The lowest BCUT2D eigenvalue weighted by Gasteiger charge is -2.19. The van der Waals surface area contributed by atoms with Gasteiger partial charge in [0.05, 0.1) is 4.47 Å². The third-order valence-electron chi connectivity index (χ3n) is 3.88. The number of fused-ring (bicyclic) bond motifs is 1. The highest BCUT2D eigenvalue weighted by atomic mass is 79.9. The van der Waals surface area contributed by atoms with Crippen molar-refractivity contribution in [3.8, 4) is 17.2 Å². The zero-order valence-corrected chi connectivity index (χ0v) is 17.9. The van der Waals surface area contributed by atoms with Crippen molar-refractivity contribution in [2.75, 3.05) is 12.1 Å². The number of phenols is 1. The minimum absolute atomic E-state index is 0.0390. The number of carbonyl (C=O) groups is 2. The molecule has 3 rings (SSSR count). The third kappa shape index (κ3) is 5.42. The van der Waals surface area contributed by atoms with E-state index in [9.17, 15) is 14.7 Å². The minimum Gasteiger partial charge on any atom is -0.506 e. The molecule has 0 bridgehead atoms. The van der Waals surface area contributed by atoms with Crippen LogP contribution in [0.1, 0.15) is 18.1 Å². The van der Waals surface area contributed by atoms with Crippen LogP contribution < -0.4 is 14.8 Å². The first-order chi connectivity index (χ1) is 13.8. The Morgan fingerprint density at radius 2 is 1.97 bits per heavy atom. The van der Waals surface area contributed by atoms with Crippen molar-refractivity contribution in [2.24, 2.45) is 0 Å². The summed E-state index contributed by atoms with van der Waals surface area (Å²) in [6, 6.07) is 8.10. The maximum Gasteiger partial charge on any atom is 0.412 e. The summed E-state index contributed by atoms with van der Waals surface area (Å²) >= 11 is 6.55. The molecule has 0 fully saturated rings. The molecule has 0 unspecified atom stereocenters. The Morgan fingerprint density at radius 1 is 1.21 bits per heavy atom. The van der Waals surface area contributed by atoms with E-state index in [4.69, 9.17) is 19.3 Å². The van der Waals surface area contributed by atoms with Gasteiger partial charge in [-0.05, 0) is 40.2 Å². The number of aliphatic carboxylic acids is 1. The Kier molecular flexibility index (Phi) is 6.65. The van der Waals surface area contributed by atoms with Crippen LogP contribution in [-0.2, 0) is 9.53 Å². The van der Waals surface area contributed by atoms with Crippen molar-refractivity contribution in [3.05, 3.63) is 57.0 Å². The number of carbonyl (C=O) groups excluding carboxylic acids is 1. The highest BCUT2D eigenvalue weighted by Crippen LogP contribution is 2.38. The van der Waals surface area contributed by atoms with E-state index in [1.165, 1.54) is 6.08 Å². The normalized spacial score (nSPS) is 13.3. The summed E-state index contributed by atoms with van der Waals surface area (Å²) in [7, 11) is 0. The van der Waals surface area contributed by atoms with Crippen LogP contribution in [0.5, 0.6) is 17.2 Å². The van der Waals surface area contributed by atoms with Crippen molar-refractivity contribution >= 4 is 49.6 Å². The summed E-state index contributed by atoms with van der Waals surface area (Å²) in [5.74, 6) is -0.173. The van der Waals surface area contributed by atoms with E-state index < -0.39 is 18.2 Å². The second-order valence-electron chi connectivity index (χ2n) is 5.89. The van der Waals surface area contributed by atoms with Crippen LogP contribution >= 0.6 is 31.9 Å². The van der Waals surface area contributed by atoms with Crippen LogP contribution in [0.2, 0.25) is 0 Å². The number of ether oxygens (including phenoxy) is 3. The zero-order valence-electron chi connectivity index (χ0n) is 14.7. The number of nitrogens with one attached hydrogen (secondary N) is 1. The van der Waals surface area contributed by atoms with E-state index in [0.717, 1.165) is 6.08 Å². The lowest BCUT2D eigenvalue weighted by Crippen LogP contribution is -2.17. The monoisotopic (exact) mass is 527 g/mol. The zero-order chi connectivity index (χ0) is 21.0. The molecule has 1 atom stereocenters. The fraction of sp³-hybridized carbons (Fsp3) is 0.158. The Labute approximate surface area is 182 Å². The quantitative estimate of drug-likeness (QED) is 0.453. The van der Waals surface area contributed by atoms with E-state index in [2.05, 4.69) is 37.2 Å². The maximum atomic E-state index is 12.4. The van der Waals surface area contributed by atoms with Gasteiger partial charge in [-0.2, -0.15) is 0 Å². The van der Waals surface area contributed by atoms with Crippen molar-refractivity contribution in [1.29, 1.82) is 0 Å². The van der Waals surface area contributed by atoms with Gasteiger partial charge >= 0.3 is 12.1 Å². The molecule has 1 aliphatic rings. The van der Waals surface area contributed by atoms with Crippen molar-refractivity contribution in [3.63, 3.8) is 0 Å². The number of hydrogen-bond donors (Lipinski definition) is 3. The molecular weight excluding hydrogens is 514 g/mol. The molecule has 2 aromatic rings. The molecular formula is C19H15Br2NO7. The summed E-state index contributed by atoms with van der Waals surface area (Å²) in [5, 5.41) is 21.7. The molecule has 152 valence electrons. The number of aromatic hydroxyl groups is 1. The molecule has 0 aliphatic carbocycles. The SMILES string of the molecule is O=C(O)/C=C/C[C@H](OC(=O)Nc1ccc2c(c1)OCO2)c1cc(Br)cc(Br)c1O. The number of phenolic OH excluding ortho intramolecular Hbond substituents is 1. The smallest absolute Gasteiger partial charge is 0.412 e. The van der Waals surface area contributed by atoms with Gasteiger partial charge in [0.1, 0.15) is 11.9 Å². The molecule has 8 nitrogen and oxygen atoms in total. The average molecular weight is 529 g/mol. The first-order valence-corrected chi connectivity index (χ1v) is 9.86. The number of anilines is 1. The maximum absolute atomic E-state index is 12.4. The van der Waals surface area contributed by atoms with Gasteiger partial charge in [0.25, 0.3) is 0 Å². The number of amides is 1. The van der Waals surface area contributed by atoms with Gasteiger partial charge in [0.15, 0.2) is 11.5 Å². The highest BCUT2D eigenvalue weighted by molar-refractivity contribution is 9.11. The largest absolute Gasteiger partial charge is 0.506 e. The fourth-order valence-corrected chi connectivity index (χ4v) is 3.87. The first-order valence-electron chi connectivity index (χ1n) is 8.28. The van der Waals surface area contributed by atoms with Gasteiger partial charge in [-0.15, -0.1) is 0 Å². The van der Waals surface area contributed by atoms with Crippen molar-refractivity contribution in [2.45, 2.75) is 12.5 Å². The molecule has 10 heteroatoms. The Morgan fingerprint density at radius 3 is 2.72 bits per heavy atom. The van der Waals surface area contributed by atoms with Crippen molar-refractivity contribution < 1.29 is 34.0 Å². The number of hydrogen-bond acceptors (Lipinski definition) is 6. The predicted molar refractivity (Wildman–Crippen MR) is 110 cm³/mol. The summed E-state index contributed by atoms with van der Waals surface area (Å²) < 4.78 is 17.0. The van der Waals surface area contributed by atoms with Gasteiger partial charge in [0, 0.05) is 34.3 Å². The van der Waals surface area contributed by atoms with Gasteiger partial charge in [-0.25, -0.2) is 9.59 Å². The first kappa shape index (κ1) is 21.0. The lowest BCUT2D eigenvalue weighted by molar-refractivity contribution is -0.131. The Hall–Kier alpha value is -2.72. The van der Waals surface area contributed by atoms with Gasteiger partial charge in [-0.1, -0.05) is 22.0 Å². The molecule has 2 aromatic carbocycles. The van der Waals surface area contributed by atoms with Gasteiger partial charge in [-0.3, -0.25) is 5.32 Å². The molecule has 0 spiro atoms. The second-order valence-corrected chi connectivity index (χ2v) is 7.66. The van der Waals surface area contributed by atoms with E-state index in [-0.39, 0.29) is 19.0 Å². The van der Waals surface area contributed by atoms with E-state index in [1.807, 2.05) is 0 Å². The fourth-order valence-electron chi connectivity index (χ4n) is 2.61. The minimum atomic E-state index is -1.13. The molecule has 1 heterocycles. The van der Waals surface area contributed by atoms with E-state index in [1.54, 1.807) is 30.3 Å². The molecule has 0 aromatic heterocycles. The van der Waals surface area contributed by atoms with Crippen molar-refractivity contribution in [1.82, 2.24) is 0 Å². The van der Waals surface area contributed by atoms with Crippen LogP contribution in [0.25, 0.3) is 0 Å². The number of rotatable bonds is 6. The van der Waals surface area contributed by atoms with E-state index in [0.29, 0.717) is 31.7 Å². The molecule has 29 heavy (non-hydrogen) atoms. The van der Waals surface area contributed by atoms with Crippen LogP contribution in [0.3, 0.4) is 0 Å². The molecule has 3 N–H and O–H groups in total. The topological polar surface area (TPSA) is 114 Å². The summed E-state index contributed by atoms with van der Waals surface area (Å²) in [6.45, 7) is 0.109. The second kappa shape index (κ2) is 9.19. The molecule has 1 amide bonds. The molecule has 0 saturated carbocycles. The summed E-state index contributed by atoms with van der Waals surface area (Å²) in [6.07, 6.45) is 0.601. The van der Waals surface area contributed by atoms with Crippen LogP contribution in [0.4, 0.5) is 10.5 Å². The molecule has 0 radical (unpaired) electrons. The number of carboxylic acids is 1. The van der Waals surface area contributed by atoms with E-state index >= 15 is 0 Å². The van der Waals surface area contributed by atoms with Crippen LogP contribution in [0, 0.1) is 0 Å². The Bertz CT molecular complexity index is 977. The highest BCUT2D eigenvalue weighted by Gasteiger charge is 2.22. The Balaban J connectivity index is 1.79. The number of halogens is 2.